The smallest absolute Gasteiger partial charge is 0.254 e. The molecule has 19 heavy (non-hydrogen) atoms. The Morgan fingerprint density at radius 3 is 2.53 bits per heavy atom. The number of amides is 1. The van der Waals surface area contributed by atoms with Gasteiger partial charge in [0.1, 0.15) is 5.82 Å². The van der Waals surface area contributed by atoms with Crippen molar-refractivity contribution in [3.05, 3.63) is 29.6 Å². The quantitative estimate of drug-likeness (QED) is 0.582. The summed E-state index contributed by atoms with van der Waals surface area (Å²) < 4.78 is 24.1. The molecule has 1 aromatic rings. The van der Waals surface area contributed by atoms with Crippen LogP contribution in [0.5, 0.6) is 0 Å². The SMILES string of the molecule is CCOC(CNC(=O)c1ccc(N)cc1F)OCC. The van der Waals surface area contributed by atoms with Crippen molar-refractivity contribution in [1.82, 2.24) is 5.32 Å². The second-order valence-electron chi connectivity index (χ2n) is 3.79. The second-order valence-corrected chi connectivity index (χ2v) is 3.79. The predicted molar refractivity (Wildman–Crippen MR) is 70.2 cm³/mol. The molecule has 0 saturated heterocycles. The van der Waals surface area contributed by atoms with Gasteiger partial charge in [-0.25, -0.2) is 4.39 Å². The lowest BCUT2D eigenvalue weighted by Crippen LogP contribution is -2.35. The first-order chi connectivity index (χ1) is 9.08. The van der Waals surface area contributed by atoms with E-state index in [4.69, 9.17) is 15.2 Å². The van der Waals surface area contributed by atoms with Crippen LogP contribution in [0.1, 0.15) is 24.2 Å². The molecule has 5 nitrogen and oxygen atoms in total. The van der Waals surface area contributed by atoms with E-state index in [0.717, 1.165) is 6.07 Å². The van der Waals surface area contributed by atoms with E-state index >= 15 is 0 Å². The highest BCUT2D eigenvalue weighted by Crippen LogP contribution is 2.11. The van der Waals surface area contributed by atoms with Crippen molar-refractivity contribution in [2.45, 2.75) is 20.1 Å². The van der Waals surface area contributed by atoms with E-state index in [9.17, 15) is 9.18 Å². The lowest BCUT2D eigenvalue weighted by molar-refractivity contribution is -0.131. The Morgan fingerprint density at radius 2 is 2.00 bits per heavy atom. The first-order valence-corrected chi connectivity index (χ1v) is 6.14. The van der Waals surface area contributed by atoms with Crippen LogP contribution in [0.15, 0.2) is 18.2 Å². The van der Waals surface area contributed by atoms with Crippen molar-refractivity contribution in [2.24, 2.45) is 0 Å². The van der Waals surface area contributed by atoms with E-state index < -0.39 is 18.0 Å². The summed E-state index contributed by atoms with van der Waals surface area (Å²) in [5.41, 5.74) is 5.64. The molecule has 0 aliphatic carbocycles. The van der Waals surface area contributed by atoms with Gasteiger partial charge in [0.15, 0.2) is 6.29 Å². The van der Waals surface area contributed by atoms with E-state index in [1.165, 1.54) is 12.1 Å². The van der Waals surface area contributed by atoms with Crippen LogP contribution in [-0.4, -0.2) is 32.0 Å². The van der Waals surface area contributed by atoms with Gasteiger partial charge in [-0.05, 0) is 32.0 Å². The molecule has 0 unspecified atom stereocenters. The van der Waals surface area contributed by atoms with Gasteiger partial charge in [0.25, 0.3) is 5.91 Å². The Labute approximate surface area is 111 Å². The molecule has 1 aromatic carbocycles. The van der Waals surface area contributed by atoms with E-state index in [0.29, 0.717) is 13.2 Å². The van der Waals surface area contributed by atoms with Gasteiger partial charge in [-0.1, -0.05) is 0 Å². The Hall–Kier alpha value is -1.66. The van der Waals surface area contributed by atoms with Crippen molar-refractivity contribution in [1.29, 1.82) is 0 Å². The molecule has 0 atom stereocenters. The number of nitrogens with one attached hydrogen (secondary N) is 1. The second kappa shape index (κ2) is 7.70. The van der Waals surface area contributed by atoms with Crippen molar-refractivity contribution in [2.75, 3.05) is 25.5 Å². The first-order valence-electron chi connectivity index (χ1n) is 6.14. The number of rotatable bonds is 7. The van der Waals surface area contributed by atoms with Gasteiger partial charge in [0.05, 0.1) is 12.1 Å². The van der Waals surface area contributed by atoms with Crippen LogP contribution in [0.3, 0.4) is 0 Å². The normalized spacial score (nSPS) is 10.7. The molecule has 0 radical (unpaired) electrons. The fourth-order valence-electron chi connectivity index (χ4n) is 1.52. The zero-order valence-corrected chi connectivity index (χ0v) is 11.1. The Morgan fingerprint density at radius 1 is 1.37 bits per heavy atom. The number of ether oxygens (including phenoxy) is 2. The number of nitrogens with two attached hydrogens (primary N) is 1. The molecule has 0 fully saturated rings. The summed E-state index contributed by atoms with van der Waals surface area (Å²) in [5, 5.41) is 2.56. The number of nitrogen functional groups attached to an aromatic ring is 1. The van der Waals surface area contributed by atoms with Gasteiger partial charge in [0, 0.05) is 18.9 Å². The van der Waals surface area contributed by atoms with Gasteiger partial charge in [-0.3, -0.25) is 4.79 Å². The summed E-state index contributed by atoms with van der Waals surface area (Å²) in [7, 11) is 0. The van der Waals surface area contributed by atoms with E-state index in [1.807, 2.05) is 13.8 Å². The predicted octanol–water partition coefficient (Wildman–Crippen LogP) is 1.54. The summed E-state index contributed by atoms with van der Waals surface area (Å²) in [6, 6.07) is 3.93. The molecule has 0 aromatic heterocycles. The highest BCUT2D eigenvalue weighted by atomic mass is 19.1. The van der Waals surface area contributed by atoms with Gasteiger partial charge in [0.2, 0.25) is 0 Å². The maximum Gasteiger partial charge on any atom is 0.254 e. The summed E-state index contributed by atoms with van der Waals surface area (Å²) in [5.74, 6) is -1.18. The van der Waals surface area contributed by atoms with Crippen LogP contribution in [0.25, 0.3) is 0 Å². The van der Waals surface area contributed by atoms with Crippen LogP contribution in [-0.2, 0) is 9.47 Å². The van der Waals surface area contributed by atoms with Gasteiger partial charge in [-0.15, -0.1) is 0 Å². The van der Waals surface area contributed by atoms with Crippen molar-refractivity contribution < 1.29 is 18.7 Å². The number of anilines is 1. The van der Waals surface area contributed by atoms with Crippen LogP contribution < -0.4 is 11.1 Å². The molecule has 3 N–H and O–H groups in total. The minimum atomic E-state index is -0.651. The molecule has 0 aliphatic rings. The van der Waals surface area contributed by atoms with E-state index in [2.05, 4.69) is 5.32 Å². The molecule has 0 bridgehead atoms. The fraction of sp³-hybridized carbons (Fsp3) is 0.462. The van der Waals surface area contributed by atoms with Crippen molar-refractivity contribution in [3.8, 4) is 0 Å². The third kappa shape index (κ3) is 4.84. The van der Waals surface area contributed by atoms with Crippen molar-refractivity contribution in [3.63, 3.8) is 0 Å². The van der Waals surface area contributed by atoms with Crippen LogP contribution >= 0.6 is 0 Å². The number of hydrogen-bond donors (Lipinski definition) is 2. The number of halogens is 1. The number of hydrogen-bond acceptors (Lipinski definition) is 4. The third-order valence-electron chi connectivity index (χ3n) is 2.37. The van der Waals surface area contributed by atoms with Gasteiger partial charge < -0.3 is 20.5 Å². The average Bonchev–Trinajstić information content (AvgIpc) is 2.36. The standard InChI is InChI=1S/C13H19FN2O3/c1-3-18-12(19-4-2)8-16-13(17)10-6-5-9(15)7-11(10)14/h5-7,12H,3-4,8,15H2,1-2H3,(H,16,17). The van der Waals surface area contributed by atoms with Gasteiger partial charge in [-0.2, -0.15) is 0 Å². The van der Waals surface area contributed by atoms with Crippen LogP contribution in [0.2, 0.25) is 0 Å². The van der Waals surface area contributed by atoms with E-state index in [1.54, 1.807) is 0 Å². The minimum absolute atomic E-state index is 0.0547. The molecule has 0 heterocycles. The maximum absolute atomic E-state index is 13.5. The largest absolute Gasteiger partial charge is 0.399 e. The molecule has 1 rings (SSSR count). The lowest BCUT2D eigenvalue weighted by Gasteiger charge is -2.17. The fourth-order valence-corrected chi connectivity index (χ4v) is 1.52. The number of carbonyl (C=O) groups excluding carboxylic acids is 1. The molecule has 106 valence electrons. The first kappa shape index (κ1) is 15.4. The van der Waals surface area contributed by atoms with Crippen LogP contribution in [0.4, 0.5) is 10.1 Å². The van der Waals surface area contributed by atoms with Crippen molar-refractivity contribution >= 4 is 11.6 Å². The zero-order valence-electron chi connectivity index (χ0n) is 11.1. The third-order valence-corrected chi connectivity index (χ3v) is 2.37. The summed E-state index contributed by atoms with van der Waals surface area (Å²) in [6.07, 6.45) is -0.532. The molecular weight excluding hydrogens is 251 g/mol. The Bertz CT molecular complexity index is 420. The van der Waals surface area contributed by atoms with Crippen LogP contribution in [0, 0.1) is 5.82 Å². The summed E-state index contributed by atoms with van der Waals surface area (Å²) in [4.78, 5) is 11.8. The van der Waals surface area contributed by atoms with E-state index in [-0.39, 0.29) is 17.8 Å². The van der Waals surface area contributed by atoms with Gasteiger partial charge >= 0.3 is 0 Å². The Balaban J connectivity index is 2.58. The molecule has 0 aliphatic heterocycles. The summed E-state index contributed by atoms with van der Waals surface area (Å²) in [6.45, 7) is 4.75. The molecule has 0 saturated carbocycles. The number of benzene rings is 1. The molecule has 1 amide bonds. The minimum Gasteiger partial charge on any atom is -0.399 e. The average molecular weight is 270 g/mol. The molecule has 6 heteroatoms. The topological polar surface area (TPSA) is 73.6 Å². The highest BCUT2D eigenvalue weighted by molar-refractivity contribution is 5.94. The number of carbonyl (C=O) groups is 1. The Kier molecular flexibility index (Phi) is 6.24. The zero-order chi connectivity index (χ0) is 14.3. The highest BCUT2D eigenvalue weighted by Gasteiger charge is 2.14. The monoisotopic (exact) mass is 270 g/mol. The lowest BCUT2D eigenvalue weighted by atomic mass is 10.2. The maximum atomic E-state index is 13.5. The summed E-state index contributed by atoms with van der Waals surface area (Å²) >= 11 is 0. The molecular formula is C13H19FN2O3. The molecule has 0 spiro atoms.